The van der Waals surface area contributed by atoms with Crippen molar-refractivity contribution in [2.45, 2.75) is 43.7 Å². The number of rotatable bonds is 3. The molecule has 0 aliphatic heterocycles. The van der Waals surface area contributed by atoms with E-state index in [0.717, 1.165) is 18.6 Å². The number of halogens is 3. The normalized spacial score (nSPS) is 22.2. The fourth-order valence-corrected chi connectivity index (χ4v) is 3.70. The number of nitrogens with zero attached hydrogens (tertiary/aromatic N) is 3. The van der Waals surface area contributed by atoms with E-state index in [1.165, 1.54) is 12.4 Å². The first-order valence-electron chi connectivity index (χ1n) is 9.39. The number of hydrogen-bond acceptors (Lipinski definition) is 7. The summed E-state index contributed by atoms with van der Waals surface area (Å²) >= 11 is 0. The van der Waals surface area contributed by atoms with Gasteiger partial charge in [0.25, 0.3) is 0 Å². The molecule has 3 atom stereocenters. The number of fused-ring (bicyclic) bond motifs is 1. The number of aliphatic hydroxyl groups is 2. The Labute approximate surface area is 169 Å². The first-order valence-corrected chi connectivity index (χ1v) is 9.39. The van der Waals surface area contributed by atoms with Crippen LogP contribution in [0.25, 0.3) is 22.0 Å². The predicted molar refractivity (Wildman–Crippen MR) is 103 cm³/mol. The lowest BCUT2D eigenvalue weighted by atomic mass is 9.90. The Morgan fingerprint density at radius 2 is 1.83 bits per heavy atom. The highest BCUT2D eigenvalue weighted by Crippen LogP contribution is 2.38. The molecule has 1 saturated carbocycles. The van der Waals surface area contributed by atoms with E-state index >= 15 is 0 Å². The molecule has 2 aromatic heterocycles. The molecule has 0 saturated heterocycles. The summed E-state index contributed by atoms with van der Waals surface area (Å²) in [4.78, 5) is 4.07. The highest BCUT2D eigenvalue weighted by molar-refractivity contribution is 6.00. The van der Waals surface area contributed by atoms with Gasteiger partial charge in [-0.2, -0.15) is 13.2 Å². The molecule has 4 rings (SSSR count). The molecule has 7 nitrogen and oxygen atoms in total. The molecule has 0 spiro atoms. The Morgan fingerprint density at radius 3 is 2.57 bits per heavy atom. The van der Waals surface area contributed by atoms with Crippen molar-refractivity contribution in [3.63, 3.8) is 0 Å². The molecule has 1 aliphatic rings. The Bertz CT molecular complexity index is 1080. The van der Waals surface area contributed by atoms with Crippen LogP contribution < -0.4 is 5.32 Å². The first-order chi connectivity index (χ1) is 14.3. The molecule has 4 N–H and O–H groups in total. The van der Waals surface area contributed by atoms with Gasteiger partial charge in [0, 0.05) is 28.7 Å². The number of phenolic OH excluding ortho intramolecular Hbond substituents is 1. The molecule has 1 aliphatic carbocycles. The lowest BCUT2D eigenvalue weighted by Crippen LogP contribution is -2.45. The third kappa shape index (κ3) is 3.75. The highest BCUT2D eigenvalue weighted by Gasteiger charge is 2.32. The second-order valence-electron chi connectivity index (χ2n) is 7.29. The summed E-state index contributed by atoms with van der Waals surface area (Å²) in [7, 11) is 0. The van der Waals surface area contributed by atoms with Gasteiger partial charge in [0.05, 0.1) is 23.8 Å². The first kappa shape index (κ1) is 20.3. The van der Waals surface area contributed by atoms with Gasteiger partial charge in [0.15, 0.2) is 5.82 Å². The lowest BCUT2D eigenvalue weighted by molar-refractivity contribution is -0.137. The van der Waals surface area contributed by atoms with E-state index in [0.29, 0.717) is 35.5 Å². The van der Waals surface area contributed by atoms with Crippen molar-refractivity contribution in [1.29, 1.82) is 0 Å². The smallest absolute Gasteiger partial charge is 0.416 e. The van der Waals surface area contributed by atoms with Crippen molar-refractivity contribution < 1.29 is 28.5 Å². The summed E-state index contributed by atoms with van der Waals surface area (Å²) in [5.41, 5.74) is -0.661. The van der Waals surface area contributed by atoms with Gasteiger partial charge in [0.1, 0.15) is 11.4 Å². The van der Waals surface area contributed by atoms with Crippen LogP contribution in [-0.4, -0.2) is 48.8 Å². The van der Waals surface area contributed by atoms with Crippen molar-refractivity contribution in [3.8, 4) is 17.0 Å². The second-order valence-corrected chi connectivity index (χ2v) is 7.29. The van der Waals surface area contributed by atoms with Crippen LogP contribution in [0.5, 0.6) is 5.75 Å². The minimum atomic E-state index is -4.58. The van der Waals surface area contributed by atoms with E-state index in [1.807, 2.05) is 0 Å². The van der Waals surface area contributed by atoms with E-state index in [2.05, 4.69) is 20.5 Å². The molecule has 30 heavy (non-hydrogen) atoms. The van der Waals surface area contributed by atoms with Gasteiger partial charge in [-0.25, -0.2) is 0 Å². The zero-order valence-electron chi connectivity index (χ0n) is 15.6. The third-order valence-corrected chi connectivity index (χ3v) is 5.31. The minimum absolute atomic E-state index is 0.103. The summed E-state index contributed by atoms with van der Waals surface area (Å²) in [6.07, 6.45) is -1.49. The highest BCUT2D eigenvalue weighted by atomic mass is 19.4. The molecule has 1 aromatic carbocycles. The Kier molecular flexibility index (Phi) is 5.20. The number of benzene rings is 1. The average molecular weight is 420 g/mol. The number of nitrogens with one attached hydrogen (secondary N) is 1. The largest absolute Gasteiger partial charge is 0.507 e. The summed E-state index contributed by atoms with van der Waals surface area (Å²) in [6.45, 7) is 0. The van der Waals surface area contributed by atoms with Crippen LogP contribution in [0.15, 0.2) is 36.7 Å². The maximum Gasteiger partial charge on any atom is 0.416 e. The van der Waals surface area contributed by atoms with Gasteiger partial charge in [-0.1, -0.05) is 0 Å². The molecule has 0 radical (unpaired) electrons. The van der Waals surface area contributed by atoms with E-state index in [1.54, 1.807) is 6.07 Å². The Morgan fingerprint density at radius 1 is 1.03 bits per heavy atom. The number of anilines is 1. The minimum Gasteiger partial charge on any atom is -0.507 e. The SMILES string of the molecule is Oc1cc(C(F)(F)F)ccc1-c1nnc(N[C@H]2CCC[C@H](O)[C@@H]2O)c2cnccc12. The maximum absolute atomic E-state index is 12.9. The number of aromatic nitrogens is 3. The van der Waals surface area contributed by atoms with Crippen molar-refractivity contribution >= 4 is 16.6 Å². The van der Waals surface area contributed by atoms with Crippen molar-refractivity contribution in [2.75, 3.05) is 5.32 Å². The zero-order valence-corrected chi connectivity index (χ0v) is 15.6. The van der Waals surface area contributed by atoms with Crippen LogP contribution in [0.2, 0.25) is 0 Å². The molecule has 0 unspecified atom stereocenters. The second kappa shape index (κ2) is 7.69. The van der Waals surface area contributed by atoms with Crippen molar-refractivity contribution in [3.05, 3.63) is 42.2 Å². The monoisotopic (exact) mass is 420 g/mol. The molecule has 0 bridgehead atoms. The standard InChI is InChI=1S/C20H19F3N4O3/c21-20(22,23)10-4-5-12(16(29)8-10)17-11-6-7-24-9-13(11)19(27-26-17)25-14-2-1-3-15(28)18(14)30/h4-9,14-15,18,28-30H,1-3H2,(H,25,27)/t14-,15-,18+/m0/s1. The number of aliphatic hydroxyl groups excluding tert-OH is 2. The zero-order chi connectivity index (χ0) is 21.5. The number of hydrogen-bond donors (Lipinski definition) is 4. The van der Waals surface area contributed by atoms with Gasteiger partial charge in [-0.15, -0.1) is 10.2 Å². The number of aromatic hydroxyl groups is 1. The van der Waals surface area contributed by atoms with E-state index < -0.39 is 35.7 Å². The van der Waals surface area contributed by atoms with Crippen LogP contribution in [0, 0.1) is 0 Å². The third-order valence-electron chi connectivity index (χ3n) is 5.31. The molecular formula is C20H19F3N4O3. The van der Waals surface area contributed by atoms with Gasteiger partial charge in [-0.3, -0.25) is 4.98 Å². The van der Waals surface area contributed by atoms with Gasteiger partial charge in [0.2, 0.25) is 0 Å². The fraction of sp³-hybridized carbons (Fsp3) is 0.350. The van der Waals surface area contributed by atoms with Crippen LogP contribution in [0.4, 0.5) is 19.0 Å². The van der Waals surface area contributed by atoms with Crippen LogP contribution in [0.3, 0.4) is 0 Å². The van der Waals surface area contributed by atoms with Gasteiger partial charge >= 0.3 is 6.18 Å². The molecule has 3 aromatic rings. The summed E-state index contributed by atoms with van der Waals surface area (Å²) in [6, 6.07) is 3.85. The Balaban J connectivity index is 1.75. The number of pyridine rings is 1. The predicted octanol–water partition coefficient (Wildman–Crippen LogP) is 3.10. The summed E-state index contributed by atoms with van der Waals surface area (Å²) < 4.78 is 38.7. The quantitative estimate of drug-likeness (QED) is 0.515. The molecule has 158 valence electrons. The van der Waals surface area contributed by atoms with Gasteiger partial charge in [-0.05, 0) is 43.5 Å². The summed E-state index contributed by atoms with van der Waals surface area (Å²) in [5.74, 6) is -0.241. The summed E-state index contributed by atoms with van der Waals surface area (Å²) in [5, 5.41) is 42.7. The molecule has 10 heteroatoms. The van der Waals surface area contributed by atoms with E-state index in [-0.39, 0.29) is 11.3 Å². The Hall–Kier alpha value is -2.98. The van der Waals surface area contributed by atoms with Crippen molar-refractivity contribution in [2.24, 2.45) is 0 Å². The van der Waals surface area contributed by atoms with E-state index in [9.17, 15) is 28.5 Å². The fourth-order valence-electron chi connectivity index (χ4n) is 3.70. The van der Waals surface area contributed by atoms with Gasteiger partial charge < -0.3 is 20.6 Å². The topological polar surface area (TPSA) is 111 Å². The van der Waals surface area contributed by atoms with Crippen LogP contribution in [0.1, 0.15) is 24.8 Å². The maximum atomic E-state index is 12.9. The number of alkyl halides is 3. The van der Waals surface area contributed by atoms with Crippen LogP contribution in [-0.2, 0) is 6.18 Å². The molecule has 1 fully saturated rings. The molecular weight excluding hydrogens is 401 g/mol. The van der Waals surface area contributed by atoms with Crippen LogP contribution >= 0.6 is 0 Å². The van der Waals surface area contributed by atoms with Crippen molar-refractivity contribution in [1.82, 2.24) is 15.2 Å². The van der Waals surface area contributed by atoms with E-state index in [4.69, 9.17) is 0 Å². The lowest BCUT2D eigenvalue weighted by Gasteiger charge is -2.32. The molecule has 0 amide bonds. The molecule has 2 heterocycles. The average Bonchev–Trinajstić information content (AvgIpc) is 2.71. The number of phenols is 1.